The van der Waals surface area contributed by atoms with Crippen LogP contribution < -0.4 is 15.0 Å². The molecule has 0 radical (unpaired) electrons. The topological polar surface area (TPSA) is 58.6 Å². The predicted molar refractivity (Wildman–Crippen MR) is 90.6 cm³/mol. The molecule has 5 heteroatoms. The van der Waals surface area contributed by atoms with Crippen LogP contribution in [0.25, 0.3) is 0 Å². The van der Waals surface area contributed by atoms with Crippen LogP contribution in [0.2, 0.25) is 0 Å². The smallest absolute Gasteiger partial charge is 0.227 e. The van der Waals surface area contributed by atoms with E-state index < -0.39 is 0 Å². The van der Waals surface area contributed by atoms with E-state index >= 15 is 0 Å². The number of rotatable bonds is 8. The van der Waals surface area contributed by atoms with Crippen molar-refractivity contribution in [1.29, 1.82) is 0 Å². The number of carbonyl (C=O) groups excluding carboxylic acids is 2. The monoisotopic (exact) mass is 318 g/mol. The average molecular weight is 318 g/mol. The van der Waals surface area contributed by atoms with Gasteiger partial charge in [-0.3, -0.25) is 9.59 Å². The fourth-order valence-corrected chi connectivity index (χ4v) is 2.80. The van der Waals surface area contributed by atoms with Gasteiger partial charge in [-0.15, -0.1) is 0 Å². The summed E-state index contributed by atoms with van der Waals surface area (Å²) in [6.45, 7) is 3.31. The molecular weight excluding hydrogens is 292 g/mol. The molecule has 0 saturated carbocycles. The maximum absolute atomic E-state index is 12.2. The summed E-state index contributed by atoms with van der Waals surface area (Å²) < 4.78 is 5.12. The molecule has 2 amide bonds. The van der Waals surface area contributed by atoms with E-state index in [0.29, 0.717) is 13.1 Å². The number of anilines is 1. The van der Waals surface area contributed by atoms with Crippen LogP contribution in [0.1, 0.15) is 39.0 Å². The number of carbonyl (C=O) groups is 2. The van der Waals surface area contributed by atoms with Gasteiger partial charge in [0.2, 0.25) is 11.8 Å². The Kier molecular flexibility index (Phi) is 6.44. The second-order valence-electron chi connectivity index (χ2n) is 5.96. The maximum atomic E-state index is 12.2. The van der Waals surface area contributed by atoms with Crippen molar-refractivity contribution in [3.05, 3.63) is 24.3 Å². The summed E-state index contributed by atoms with van der Waals surface area (Å²) in [5, 5.41) is 2.96. The summed E-state index contributed by atoms with van der Waals surface area (Å²) in [5.41, 5.74) is 0.814. The molecule has 1 atom stereocenters. The second kappa shape index (κ2) is 8.56. The summed E-state index contributed by atoms with van der Waals surface area (Å²) in [7, 11) is 1.61. The van der Waals surface area contributed by atoms with Crippen molar-refractivity contribution >= 4 is 17.5 Å². The van der Waals surface area contributed by atoms with Crippen LogP contribution in [-0.4, -0.2) is 32.0 Å². The van der Waals surface area contributed by atoms with Crippen molar-refractivity contribution < 1.29 is 14.3 Å². The van der Waals surface area contributed by atoms with Gasteiger partial charge in [0.15, 0.2) is 0 Å². The minimum atomic E-state index is -0.254. The molecule has 1 aromatic carbocycles. The molecule has 1 aromatic rings. The Morgan fingerprint density at radius 3 is 2.65 bits per heavy atom. The molecular formula is C18H26N2O3. The van der Waals surface area contributed by atoms with Crippen molar-refractivity contribution in [2.45, 2.75) is 39.0 Å². The van der Waals surface area contributed by atoms with Gasteiger partial charge in [-0.25, -0.2) is 0 Å². The molecule has 0 aromatic heterocycles. The number of nitrogens with zero attached hydrogens (tertiary/aromatic N) is 1. The predicted octanol–water partition coefficient (Wildman–Crippen LogP) is 2.74. The van der Waals surface area contributed by atoms with Crippen molar-refractivity contribution in [3.63, 3.8) is 0 Å². The Morgan fingerprint density at radius 2 is 2.00 bits per heavy atom. The van der Waals surface area contributed by atoms with E-state index in [1.165, 1.54) is 12.8 Å². The summed E-state index contributed by atoms with van der Waals surface area (Å²) in [5.74, 6) is 0.490. The van der Waals surface area contributed by atoms with Gasteiger partial charge in [-0.05, 0) is 30.7 Å². The molecule has 1 aliphatic heterocycles. The molecule has 126 valence electrons. The number of ether oxygens (including phenoxy) is 1. The van der Waals surface area contributed by atoms with Crippen LogP contribution in [0.5, 0.6) is 5.75 Å². The molecule has 1 heterocycles. The molecule has 0 spiro atoms. The average Bonchev–Trinajstić information content (AvgIpc) is 2.96. The Labute approximate surface area is 138 Å². The first-order chi connectivity index (χ1) is 11.2. The zero-order valence-electron chi connectivity index (χ0n) is 14.0. The third-order valence-electron chi connectivity index (χ3n) is 4.21. The minimum absolute atomic E-state index is 0.00120. The van der Waals surface area contributed by atoms with Gasteiger partial charge in [0, 0.05) is 25.2 Å². The van der Waals surface area contributed by atoms with E-state index in [0.717, 1.165) is 24.3 Å². The van der Waals surface area contributed by atoms with Gasteiger partial charge in [0.1, 0.15) is 5.75 Å². The van der Waals surface area contributed by atoms with E-state index in [2.05, 4.69) is 12.2 Å². The van der Waals surface area contributed by atoms with Crippen molar-refractivity contribution in [2.75, 3.05) is 25.1 Å². The van der Waals surface area contributed by atoms with Crippen LogP contribution in [0.3, 0.4) is 0 Å². The van der Waals surface area contributed by atoms with Crippen LogP contribution in [0.15, 0.2) is 24.3 Å². The third kappa shape index (κ3) is 4.71. The van der Waals surface area contributed by atoms with Gasteiger partial charge in [-0.1, -0.05) is 26.2 Å². The van der Waals surface area contributed by atoms with Gasteiger partial charge in [-0.2, -0.15) is 0 Å². The number of benzene rings is 1. The van der Waals surface area contributed by atoms with Crippen molar-refractivity contribution in [1.82, 2.24) is 5.32 Å². The fraction of sp³-hybridized carbons (Fsp3) is 0.556. The normalized spacial score (nSPS) is 17.4. The Balaban J connectivity index is 1.84. The molecule has 0 aliphatic carbocycles. The molecule has 1 saturated heterocycles. The Hall–Kier alpha value is -2.04. The van der Waals surface area contributed by atoms with Gasteiger partial charge < -0.3 is 15.0 Å². The quantitative estimate of drug-likeness (QED) is 0.750. The minimum Gasteiger partial charge on any atom is -0.497 e. The molecule has 23 heavy (non-hydrogen) atoms. The molecule has 2 rings (SSSR count). The lowest BCUT2D eigenvalue weighted by Crippen LogP contribution is -2.33. The zero-order valence-corrected chi connectivity index (χ0v) is 14.0. The standard InChI is InChI=1S/C18H26N2O3/c1-3-4-5-6-11-19-18(22)14-12-17(21)20(13-14)15-7-9-16(23-2)10-8-15/h7-10,14H,3-6,11-13H2,1-2H3,(H,19,22)/t14-/m0/s1. The number of amides is 2. The lowest BCUT2D eigenvalue weighted by Gasteiger charge is -2.17. The first-order valence-corrected chi connectivity index (χ1v) is 8.37. The van der Waals surface area contributed by atoms with Crippen LogP contribution in [-0.2, 0) is 9.59 Å². The van der Waals surface area contributed by atoms with Gasteiger partial charge in [0.25, 0.3) is 0 Å². The summed E-state index contributed by atoms with van der Waals surface area (Å²) >= 11 is 0. The van der Waals surface area contributed by atoms with Crippen LogP contribution in [0, 0.1) is 5.92 Å². The highest BCUT2D eigenvalue weighted by Gasteiger charge is 2.34. The molecule has 1 fully saturated rings. The number of hydrogen-bond donors (Lipinski definition) is 1. The van der Waals surface area contributed by atoms with E-state index in [4.69, 9.17) is 4.74 Å². The first-order valence-electron chi connectivity index (χ1n) is 8.37. The lowest BCUT2D eigenvalue weighted by molar-refractivity contribution is -0.126. The van der Waals surface area contributed by atoms with E-state index in [9.17, 15) is 9.59 Å². The first kappa shape index (κ1) is 17.3. The van der Waals surface area contributed by atoms with E-state index in [1.54, 1.807) is 12.0 Å². The summed E-state index contributed by atoms with van der Waals surface area (Å²) in [6.07, 6.45) is 4.80. The van der Waals surface area contributed by atoms with Crippen LogP contribution in [0.4, 0.5) is 5.69 Å². The number of hydrogen-bond acceptors (Lipinski definition) is 3. The molecule has 1 N–H and O–H groups in total. The highest BCUT2D eigenvalue weighted by molar-refractivity contribution is 6.00. The largest absolute Gasteiger partial charge is 0.497 e. The van der Waals surface area contributed by atoms with Gasteiger partial charge >= 0.3 is 0 Å². The van der Waals surface area contributed by atoms with Crippen molar-refractivity contribution in [3.8, 4) is 5.75 Å². The highest BCUT2D eigenvalue weighted by Crippen LogP contribution is 2.26. The van der Waals surface area contributed by atoms with Crippen molar-refractivity contribution in [2.24, 2.45) is 5.92 Å². The highest BCUT2D eigenvalue weighted by atomic mass is 16.5. The molecule has 5 nitrogen and oxygen atoms in total. The molecule has 0 unspecified atom stereocenters. The number of nitrogens with one attached hydrogen (secondary N) is 1. The molecule has 1 aliphatic rings. The Bertz CT molecular complexity index is 528. The SMILES string of the molecule is CCCCCCNC(=O)[C@H]1CC(=O)N(c2ccc(OC)cc2)C1. The van der Waals surface area contributed by atoms with Crippen LogP contribution >= 0.6 is 0 Å². The maximum Gasteiger partial charge on any atom is 0.227 e. The Morgan fingerprint density at radius 1 is 1.26 bits per heavy atom. The van der Waals surface area contributed by atoms with Gasteiger partial charge in [0.05, 0.1) is 13.0 Å². The molecule has 0 bridgehead atoms. The zero-order chi connectivity index (χ0) is 16.7. The van der Waals surface area contributed by atoms with E-state index in [-0.39, 0.29) is 24.2 Å². The summed E-state index contributed by atoms with van der Waals surface area (Å²) in [6, 6.07) is 7.34. The van der Waals surface area contributed by atoms with E-state index in [1.807, 2.05) is 24.3 Å². The lowest BCUT2D eigenvalue weighted by atomic mass is 10.1. The second-order valence-corrected chi connectivity index (χ2v) is 5.96. The summed E-state index contributed by atoms with van der Waals surface area (Å²) in [4.78, 5) is 26.0. The fourth-order valence-electron chi connectivity index (χ4n) is 2.80. The number of unbranched alkanes of at least 4 members (excludes halogenated alkanes) is 3. The third-order valence-corrected chi connectivity index (χ3v) is 4.21. The number of methoxy groups -OCH3 is 1.